The van der Waals surface area contributed by atoms with E-state index in [2.05, 4.69) is 10.6 Å². The van der Waals surface area contributed by atoms with Gasteiger partial charge in [-0.3, -0.25) is 4.79 Å². The topological polar surface area (TPSA) is 84.2 Å². The Kier molecular flexibility index (Phi) is 8.49. The summed E-state index contributed by atoms with van der Waals surface area (Å²) in [7, 11) is 0. The first-order valence-electron chi connectivity index (χ1n) is 4.42. The summed E-state index contributed by atoms with van der Waals surface area (Å²) in [5.74, 6) is -0.0101. The minimum absolute atomic E-state index is 0.0101. The van der Waals surface area contributed by atoms with Crippen molar-refractivity contribution >= 4 is 12.2 Å². The highest BCUT2D eigenvalue weighted by atomic mass is 16.1. The molecule has 76 valence electrons. The van der Waals surface area contributed by atoms with Crippen LogP contribution in [0.5, 0.6) is 0 Å². The summed E-state index contributed by atoms with van der Waals surface area (Å²) in [6, 6.07) is 0. The largest absolute Gasteiger partial charge is 0.355 e. The van der Waals surface area contributed by atoms with Crippen molar-refractivity contribution in [2.75, 3.05) is 26.2 Å². The van der Waals surface area contributed by atoms with Crippen LogP contribution in [0.4, 0.5) is 0 Å². The van der Waals surface area contributed by atoms with Gasteiger partial charge in [0.25, 0.3) is 0 Å². The van der Waals surface area contributed by atoms with E-state index in [4.69, 9.17) is 5.73 Å². The predicted molar refractivity (Wildman–Crippen MR) is 50.2 cm³/mol. The van der Waals surface area contributed by atoms with E-state index in [0.717, 1.165) is 6.29 Å². The van der Waals surface area contributed by atoms with Gasteiger partial charge in [-0.15, -0.1) is 0 Å². The molecule has 0 heterocycles. The number of amides is 1. The molecule has 0 spiro atoms. The van der Waals surface area contributed by atoms with Gasteiger partial charge in [-0.25, -0.2) is 0 Å². The first-order chi connectivity index (χ1) is 6.31. The second-order valence-electron chi connectivity index (χ2n) is 2.59. The minimum Gasteiger partial charge on any atom is -0.355 e. The third-order valence-electron chi connectivity index (χ3n) is 1.43. The molecule has 13 heavy (non-hydrogen) atoms. The molecule has 0 aromatic carbocycles. The van der Waals surface area contributed by atoms with E-state index in [1.54, 1.807) is 0 Å². The molecule has 4 N–H and O–H groups in total. The number of nitrogens with one attached hydrogen (secondary N) is 2. The zero-order valence-electron chi connectivity index (χ0n) is 7.71. The van der Waals surface area contributed by atoms with Gasteiger partial charge < -0.3 is 21.2 Å². The van der Waals surface area contributed by atoms with Crippen LogP contribution in [0.1, 0.15) is 12.8 Å². The molecule has 0 unspecified atom stereocenters. The van der Waals surface area contributed by atoms with E-state index < -0.39 is 0 Å². The fourth-order valence-corrected chi connectivity index (χ4v) is 0.788. The molecule has 0 saturated carbocycles. The van der Waals surface area contributed by atoms with Crippen LogP contribution in [-0.4, -0.2) is 38.4 Å². The Balaban J connectivity index is 3.12. The van der Waals surface area contributed by atoms with Crippen LogP contribution in [0, 0.1) is 0 Å². The molecule has 0 aliphatic heterocycles. The third kappa shape index (κ3) is 8.97. The average Bonchev–Trinajstić information content (AvgIpc) is 2.14. The van der Waals surface area contributed by atoms with Gasteiger partial charge in [0.05, 0.1) is 0 Å². The lowest BCUT2D eigenvalue weighted by molar-refractivity contribution is -0.120. The van der Waals surface area contributed by atoms with Gasteiger partial charge >= 0.3 is 0 Å². The van der Waals surface area contributed by atoms with Crippen LogP contribution in [-0.2, 0) is 9.59 Å². The van der Waals surface area contributed by atoms with E-state index in [0.29, 0.717) is 39.0 Å². The van der Waals surface area contributed by atoms with Crippen molar-refractivity contribution in [1.82, 2.24) is 10.6 Å². The van der Waals surface area contributed by atoms with Crippen LogP contribution in [0.15, 0.2) is 0 Å². The number of rotatable bonds is 8. The molecule has 0 bridgehead atoms. The molecule has 5 heteroatoms. The van der Waals surface area contributed by atoms with Crippen molar-refractivity contribution in [3.63, 3.8) is 0 Å². The number of aldehydes is 1. The van der Waals surface area contributed by atoms with Crippen LogP contribution in [0.25, 0.3) is 0 Å². The van der Waals surface area contributed by atoms with E-state index in [9.17, 15) is 9.59 Å². The van der Waals surface area contributed by atoms with Gasteiger partial charge in [-0.2, -0.15) is 0 Å². The van der Waals surface area contributed by atoms with Crippen molar-refractivity contribution in [3.05, 3.63) is 0 Å². The van der Waals surface area contributed by atoms with Crippen LogP contribution >= 0.6 is 0 Å². The molecule has 0 aliphatic carbocycles. The lowest BCUT2D eigenvalue weighted by Gasteiger charge is -2.03. The predicted octanol–water partition coefficient (Wildman–Crippen LogP) is -1.37. The molecule has 0 atom stereocenters. The lowest BCUT2D eigenvalue weighted by Crippen LogP contribution is -2.31. The molecule has 0 saturated heterocycles. The average molecular weight is 187 g/mol. The van der Waals surface area contributed by atoms with E-state index >= 15 is 0 Å². The molecule has 5 nitrogen and oxygen atoms in total. The quantitative estimate of drug-likeness (QED) is 0.323. The second kappa shape index (κ2) is 9.15. The molecule has 0 aliphatic rings. The Morgan fingerprint density at radius 1 is 1.31 bits per heavy atom. The van der Waals surface area contributed by atoms with Crippen molar-refractivity contribution in [2.24, 2.45) is 5.73 Å². The highest BCUT2D eigenvalue weighted by Crippen LogP contribution is 1.77. The number of carbonyl (C=O) groups excluding carboxylic acids is 2. The van der Waals surface area contributed by atoms with Gasteiger partial charge in [0, 0.05) is 39.0 Å². The number of carbonyl (C=O) groups is 2. The molecular formula is C8H17N3O2. The Morgan fingerprint density at radius 3 is 2.69 bits per heavy atom. The minimum atomic E-state index is -0.0101. The van der Waals surface area contributed by atoms with Crippen molar-refractivity contribution in [3.8, 4) is 0 Å². The SMILES string of the molecule is NCCNC(=O)CCNCCC=O. The van der Waals surface area contributed by atoms with Crippen LogP contribution < -0.4 is 16.4 Å². The summed E-state index contributed by atoms with van der Waals surface area (Å²) in [5, 5.41) is 5.62. The maximum absolute atomic E-state index is 11.0. The Hall–Kier alpha value is -0.940. The van der Waals surface area contributed by atoms with Gasteiger partial charge in [0.15, 0.2) is 0 Å². The summed E-state index contributed by atoms with van der Waals surface area (Å²) in [5.41, 5.74) is 5.20. The standard InChI is InChI=1S/C8H17N3O2/c9-3-6-11-8(13)2-5-10-4-1-7-12/h7,10H,1-6,9H2,(H,11,13). The van der Waals surface area contributed by atoms with Crippen molar-refractivity contribution in [2.45, 2.75) is 12.8 Å². The van der Waals surface area contributed by atoms with E-state index in [-0.39, 0.29) is 5.91 Å². The fourth-order valence-electron chi connectivity index (χ4n) is 0.788. The Bertz CT molecular complexity index is 150. The van der Waals surface area contributed by atoms with Crippen LogP contribution in [0.2, 0.25) is 0 Å². The number of hydrogen-bond acceptors (Lipinski definition) is 4. The monoisotopic (exact) mass is 187 g/mol. The molecule has 1 amide bonds. The van der Waals surface area contributed by atoms with Crippen molar-refractivity contribution in [1.29, 1.82) is 0 Å². The fraction of sp³-hybridized carbons (Fsp3) is 0.750. The van der Waals surface area contributed by atoms with Crippen molar-refractivity contribution < 1.29 is 9.59 Å². The molecule has 0 rings (SSSR count). The lowest BCUT2D eigenvalue weighted by atomic mass is 10.3. The molecule has 0 radical (unpaired) electrons. The molecule has 0 fully saturated rings. The third-order valence-corrected chi connectivity index (χ3v) is 1.43. The Morgan fingerprint density at radius 2 is 2.08 bits per heavy atom. The van der Waals surface area contributed by atoms with Crippen LogP contribution in [0.3, 0.4) is 0 Å². The normalized spacial score (nSPS) is 9.62. The number of hydrogen-bond donors (Lipinski definition) is 3. The maximum Gasteiger partial charge on any atom is 0.221 e. The highest BCUT2D eigenvalue weighted by molar-refractivity contribution is 5.76. The van der Waals surface area contributed by atoms with E-state index in [1.807, 2.05) is 0 Å². The molecule has 0 aromatic rings. The molecular weight excluding hydrogens is 170 g/mol. The van der Waals surface area contributed by atoms with Gasteiger partial charge in [-0.1, -0.05) is 0 Å². The summed E-state index contributed by atoms with van der Waals surface area (Å²) >= 11 is 0. The zero-order valence-corrected chi connectivity index (χ0v) is 7.71. The first kappa shape index (κ1) is 12.1. The summed E-state index contributed by atoms with van der Waals surface area (Å²) in [6.45, 7) is 2.22. The zero-order chi connectivity index (χ0) is 9.94. The number of nitrogens with two attached hydrogens (primary N) is 1. The Labute approximate surface area is 78.1 Å². The van der Waals surface area contributed by atoms with Gasteiger partial charge in [-0.05, 0) is 0 Å². The smallest absolute Gasteiger partial charge is 0.221 e. The van der Waals surface area contributed by atoms with E-state index in [1.165, 1.54) is 0 Å². The molecule has 0 aromatic heterocycles. The van der Waals surface area contributed by atoms with Gasteiger partial charge in [0.1, 0.15) is 6.29 Å². The maximum atomic E-state index is 11.0. The van der Waals surface area contributed by atoms with Gasteiger partial charge in [0.2, 0.25) is 5.91 Å². The summed E-state index contributed by atoms with van der Waals surface area (Å²) in [4.78, 5) is 20.9. The highest BCUT2D eigenvalue weighted by Gasteiger charge is 1.97. The first-order valence-corrected chi connectivity index (χ1v) is 4.42. The summed E-state index contributed by atoms with van der Waals surface area (Å²) in [6.07, 6.45) is 1.77. The summed E-state index contributed by atoms with van der Waals surface area (Å²) < 4.78 is 0. The second-order valence-corrected chi connectivity index (χ2v) is 2.59.